The lowest BCUT2D eigenvalue weighted by molar-refractivity contribution is 1.18. The van der Waals surface area contributed by atoms with E-state index in [4.69, 9.17) is 9.97 Å². The number of hydrogen-bond acceptors (Lipinski definition) is 3. The van der Waals surface area contributed by atoms with Crippen LogP contribution in [0.3, 0.4) is 0 Å². The van der Waals surface area contributed by atoms with E-state index in [0.29, 0.717) is 5.82 Å². The Balaban J connectivity index is 1.07. The van der Waals surface area contributed by atoms with E-state index in [2.05, 4.69) is 206 Å². The summed E-state index contributed by atoms with van der Waals surface area (Å²) in [6, 6.07) is 74.0. The highest BCUT2D eigenvalue weighted by molar-refractivity contribution is 7.22. The van der Waals surface area contributed by atoms with Crippen molar-refractivity contribution in [2.24, 2.45) is 0 Å². The molecule has 0 spiro atoms. The van der Waals surface area contributed by atoms with Crippen molar-refractivity contribution >= 4 is 53.7 Å². The number of nitrogens with zero attached hydrogens (tertiary/aromatic N) is 2. The molecule has 0 aliphatic rings. The van der Waals surface area contributed by atoms with E-state index >= 15 is 0 Å². The summed E-state index contributed by atoms with van der Waals surface area (Å²) < 4.78 is 1.29. The van der Waals surface area contributed by atoms with Crippen LogP contribution in [-0.4, -0.2) is 9.97 Å². The number of hydrogen-bond donors (Lipinski definition) is 0. The lowest BCUT2D eigenvalue weighted by Gasteiger charge is -2.15. The van der Waals surface area contributed by atoms with Crippen molar-refractivity contribution in [2.45, 2.75) is 0 Å². The Morgan fingerprint density at radius 2 is 0.965 bits per heavy atom. The second-order valence-corrected chi connectivity index (χ2v) is 15.6. The predicted octanol–water partition coefficient (Wildman–Crippen LogP) is 15.2. The maximum atomic E-state index is 5.32. The van der Waals surface area contributed by atoms with E-state index in [9.17, 15) is 0 Å². The first-order valence-corrected chi connectivity index (χ1v) is 20.1. The van der Waals surface area contributed by atoms with Gasteiger partial charge in [0.25, 0.3) is 0 Å². The van der Waals surface area contributed by atoms with Crippen molar-refractivity contribution in [3.8, 4) is 66.6 Å². The summed E-state index contributed by atoms with van der Waals surface area (Å²) in [5.41, 5.74) is 10.7. The molecule has 266 valence electrons. The molecule has 0 atom stereocenters. The minimum atomic E-state index is 0.693. The molecule has 0 radical (unpaired) electrons. The van der Waals surface area contributed by atoms with Gasteiger partial charge in [-0.1, -0.05) is 176 Å². The molecule has 0 N–H and O–H groups in total. The minimum absolute atomic E-state index is 0.693. The van der Waals surface area contributed by atoms with Gasteiger partial charge < -0.3 is 0 Å². The summed E-state index contributed by atoms with van der Waals surface area (Å²) in [5.74, 6) is 0.693. The van der Waals surface area contributed by atoms with Crippen molar-refractivity contribution in [3.05, 3.63) is 206 Å². The zero-order valence-electron chi connectivity index (χ0n) is 30.9. The average molecular weight is 743 g/mol. The van der Waals surface area contributed by atoms with Crippen LogP contribution in [0, 0.1) is 0 Å². The molecule has 0 aliphatic heterocycles. The molecule has 2 nitrogen and oxygen atoms in total. The lowest BCUT2D eigenvalue weighted by Crippen LogP contribution is -1.97. The second-order valence-electron chi connectivity index (χ2n) is 14.5. The van der Waals surface area contributed by atoms with Gasteiger partial charge in [0, 0.05) is 26.3 Å². The van der Waals surface area contributed by atoms with Gasteiger partial charge in [0.1, 0.15) is 0 Å². The Hall–Kier alpha value is -7.20. The van der Waals surface area contributed by atoms with Gasteiger partial charge in [-0.3, -0.25) is 0 Å². The van der Waals surface area contributed by atoms with Crippen LogP contribution in [0.2, 0.25) is 0 Å². The molecular weight excluding hydrogens is 709 g/mol. The van der Waals surface area contributed by atoms with E-state index in [1.807, 2.05) is 11.3 Å². The van der Waals surface area contributed by atoms with E-state index in [-0.39, 0.29) is 0 Å². The Labute approximate surface area is 335 Å². The summed E-state index contributed by atoms with van der Waals surface area (Å²) in [7, 11) is 0. The zero-order chi connectivity index (χ0) is 37.7. The van der Waals surface area contributed by atoms with Crippen molar-refractivity contribution in [3.63, 3.8) is 0 Å². The fraction of sp³-hybridized carbons (Fsp3) is 0. The van der Waals surface area contributed by atoms with Gasteiger partial charge in [0.2, 0.25) is 0 Å². The van der Waals surface area contributed by atoms with E-state index < -0.39 is 0 Å². The lowest BCUT2D eigenvalue weighted by atomic mass is 9.89. The van der Waals surface area contributed by atoms with Crippen molar-refractivity contribution in [1.82, 2.24) is 9.97 Å². The minimum Gasteiger partial charge on any atom is -0.228 e. The number of benzene rings is 9. The third-order valence-corrected chi connectivity index (χ3v) is 12.2. The largest absolute Gasteiger partial charge is 0.228 e. The highest BCUT2D eigenvalue weighted by Crippen LogP contribution is 2.41. The second kappa shape index (κ2) is 13.8. The summed E-state index contributed by atoms with van der Waals surface area (Å²) in [5, 5.41) is 8.76. The monoisotopic (exact) mass is 742 g/mol. The molecule has 57 heavy (non-hydrogen) atoms. The number of rotatable bonds is 6. The number of fused-ring (bicyclic) bond motifs is 5. The third-order valence-electron chi connectivity index (χ3n) is 11.1. The summed E-state index contributed by atoms with van der Waals surface area (Å²) in [6.45, 7) is 0. The van der Waals surface area contributed by atoms with E-state index in [1.54, 1.807) is 0 Å². The molecule has 11 rings (SSSR count). The molecular formula is C54H34N2S. The molecule has 0 unspecified atom stereocenters. The molecule has 2 aromatic heterocycles. The van der Waals surface area contributed by atoms with Crippen molar-refractivity contribution in [2.75, 3.05) is 0 Å². The van der Waals surface area contributed by atoms with Crippen LogP contribution in [0.25, 0.3) is 109 Å². The van der Waals surface area contributed by atoms with Crippen LogP contribution in [-0.2, 0) is 0 Å². The van der Waals surface area contributed by atoms with Crippen LogP contribution in [0.15, 0.2) is 206 Å². The van der Waals surface area contributed by atoms with Gasteiger partial charge in [-0.25, -0.2) is 9.97 Å². The highest BCUT2D eigenvalue weighted by Gasteiger charge is 2.17. The van der Waals surface area contributed by atoms with Crippen molar-refractivity contribution in [1.29, 1.82) is 0 Å². The SMILES string of the molecule is c1ccc(-c2ccccc2-c2cc(-c3cccc(-c4cc5ccccc5s4)c3)nc(-c3ccc(-c4c5ccccc5cc5c4ccc4ccccc45)cc3)n2)cc1. The Morgan fingerprint density at radius 1 is 0.316 bits per heavy atom. The maximum Gasteiger partial charge on any atom is 0.160 e. The van der Waals surface area contributed by atoms with Gasteiger partial charge in [0.05, 0.1) is 11.4 Å². The summed E-state index contributed by atoms with van der Waals surface area (Å²) in [6.07, 6.45) is 0. The predicted molar refractivity (Wildman–Crippen MR) is 243 cm³/mol. The molecule has 0 amide bonds. The first-order valence-electron chi connectivity index (χ1n) is 19.3. The Morgan fingerprint density at radius 3 is 1.81 bits per heavy atom. The van der Waals surface area contributed by atoms with Gasteiger partial charge in [0.15, 0.2) is 5.82 Å². The quantitative estimate of drug-likeness (QED) is 0.125. The van der Waals surface area contributed by atoms with Crippen LogP contribution < -0.4 is 0 Å². The normalized spacial score (nSPS) is 11.5. The standard InChI is InChI=1S/C54H34N2S/c1-2-13-35(14-3-1)43-20-9-10-23-46(43)50-34-49(40-18-12-19-41(31-40)52-33-42-17-6-11-24-51(42)57-52)55-54(56-50)38-27-25-37(26-28-38)53-45-22-8-5-16-39(45)32-48-44-21-7-4-15-36(44)29-30-47(48)53/h1-34H. The van der Waals surface area contributed by atoms with E-state index in [1.165, 1.54) is 58.4 Å². The molecule has 9 aromatic carbocycles. The molecule has 11 aromatic rings. The first-order chi connectivity index (χ1) is 28.2. The molecule has 0 saturated carbocycles. The van der Waals surface area contributed by atoms with Crippen LogP contribution in [0.4, 0.5) is 0 Å². The maximum absolute atomic E-state index is 5.32. The number of thiophene rings is 1. The smallest absolute Gasteiger partial charge is 0.160 e. The van der Waals surface area contributed by atoms with Crippen LogP contribution >= 0.6 is 11.3 Å². The van der Waals surface area contributed by atoms with Gasteiger partial charge in [-0.15, -0.1) is 11.3 Å². The van der Waals surface area contributed by atoms with E-state index in [0.717, 1.165) is 44.8 Å². The highest BCUT2D eigenvalue weighted by atomic mass is 32.1. The summed E-state index contributed by atoms with van der Waals surface area (Å²) in [4.78, 5) is 11.9. The fourth-order valence-electron chi connectivity index (χ4n) is 8.31. The average Bonchev–Trinajstić information content (AvgIpc) is 3.73. The van der Waals surface area contributed by atoms with Crippen LogP contribution in [0.1, 0.15) is 0 Å². The molecule has 0 fully saturated rings. The topological polar surface area (TPSA) is 25.8 Å². The van der Waals surface area contributed by atoms with Crippen LogP contribution in [0.5, 0.6) is 0 Å². The molecule has 0 bridgehead atoms. The van der Waals surface area contributed by atoms with Gasteiger partial charge in [-0.05, 0) is 95.9 Å². The van der Waals surface area contributed by atoms with Gasteiger partial charge in [-0.2, -0.15) is 0 Å². The van der Waals surface area contributed by atoms with Gasteiger partial charge >= 0.3 is 0 Å². The Bertz CT molecular complexity index is 3260. The molecule has 3 heteroatoms. The zero-order valence-corrected chi connectivity index (χ0v) is 31.7. The van der Waals surface area contributed by atoms with Crippen molar-refractivity contribution < 1.29 is 0 Å². The number of aromatic nitrogens is 2. The fourth-order valence-corrected chi connectivity index (χ4v) is 9.37. The Kier molecular flexibility index (Phi) is 8.04. The molecule has 0 saturated heterocycles. The molecule has 2 heterocycles. The first kappa shape index (κ1) is 33.2. The third kappa shape index (κ3) is 5.97. The summed E-state index contributed by atoms with van der Waals surface area (Å²) >= 11 is 1.82. The molecule has 0 aliphatic carbocycles.